The molecule has 9 heavy (non-hydrogen) atoms. The summed E-state index contributed by atoms with van der Waals surface area (Å²) in [4.78, 5) is 19.9. The number of esters is 1. The molecule has 5 heteroatoms. The van der Waals surface area contributed by atoms with E-state index in [1.807, 2.05) is 0 Å². The second-order valence-electron chi connectivity index (χ2n) is 1.17. The molecule has 0 aromatic heterocycles. The Balaban J connectivity index is 4.05. The molecule has 0 heterocycles. The third-order valence-electron chi connectivity index (χ3n) is 0.603. The van der Waals surface area contributed by atoms with E-state index in [0.29, 0.717) is 0 Å². The summed E-state index contributed by atoms with van der Waals surface area (Å²) < 4.78 is 3.93. The molecule has 0 aliphatic carbocycles. The summed E-state index contributed by atoms with van der Waals surface area (Å²) >= 11 is 0. The Kier molecular flexibility index (Phi) is 2.37. The standard InChI is InChI=1S/C4H5NO4/c1-9-4(8)2(5)3(6)7/h5H,1H3,(H,6,7). The van der Waals surface area contributed by atoms with Crippen molar-refractivity contribution >= 4 is 17.7 Å². The smallest absolute Gasteiger partial charge is 0.363 e. The van der Waals surface area contributed by atoms with Crippen molar-refractivity contribution in [3.63, 3.8) is 0 Å². The summed E-state index contributed by atoms with van der Waals surface area (Å²) in [6, 6.07) is 0. The van der Waals surface area contributed by atoms with Crippen LogP contribution in [0.25, 0.3) is 0 Å². The first-order valence-corrected chi connectivity index (χ1v) is 1.99. The van der Waals surface area contributed by atoms with Gasteiger partial charge in [0, 0.05) is 0 Å². The number of carbonyl (C=O) groups is 2. The normalized spacial score (nSPS) is 8.11. The molecule has 50 valence electrons. The van der Waals surface area contributed by atoms with E-state index in [1.54, 1.807) is 0 Å². The summed E-state index contributed by atoms with van der Waals surface area (Å²) in [6.07, 6.45) is 0. The van der Waals surface area contributed by atoms with Gasteiger partial charge in [-0.15, -0.1) is 0 Å². The highest BCUT2D eigenvalue weighted by Gasteiger charge is 2.16. The number of hydrogen-bond donors (Lipinski definition) is 2. The quantitative estimate of drug-likeness (QED) is 0.293. The predicted molar refractivity (Wildman–Crippen MR) is 27.4 cm³/mol. The molecule has 0 atom stereocenters. The molecule has 0 fully saturated rings. The molecule has 0 aromatic rings. The first-order chi connectivity index (χ1) is 4.09. The second kappa shape index (κ2) is 2.81. The Morgan fingerprint density at radius 1 is 1.56 bits per heavy atom. The Morgan fingerprint density at radius 2 is 2.00 bits per heavy atom. The third kappa shape index (κ3) is 1.89. The predicted octanol–water partition coefficient (Wildman–Crippen LogP) is -0.736. The van der Waals surface area contributed by atoms with Gasteiger partial charge in [0.05, 0.1) is 7.11 Å². The number of rotatable bonds is 2. The van der Waals surface area contributed by atoms with Gasteiger partial charge >= 0.3 is 11.9 Å². The summed E-state index contributed by atoms with van der Waals surface area (Å²) in [5.74, 6) is -2.72. The number of carboxylic acids is 1. The number of nitrogens with one attached hydrogen (secondary N) is 1. The third-order valence-corrected chi connectivity index (χ3v) is 0.603. The Labute approximate surface area is 50.8 Å². The lowest BCUT2D eigenvalue weighted by Gasteiger charge is -1.92. The molecule has 0 amide bonds. The van der Waals surface area contributed by atoms with Gasteiger partial charge in [0.1, 0.15) is 0 Å². The summed E-state index contributed by atoms with van der Waals surface area (Å²) in [5.41, 5.74) is -1.06. The monoisotopic (exact) mass is 131 g/mol. The minimum Gasteiger partial charge on any atom is -0.476 e. The largest absolute Gasteiger partial charge is 0.476 e. The molecule has 0 radical (unpaired) electrons. The van der Waals surface area contributed by atoms with E-state index in [4.69, 9.17) is 10.5 Å². The molecular weight excluding hydrogens is 126 g/mol. The van der Waals surface area contributed by atoms with Gasteiger partial charge in [-0.3, -0.25) is 5.41 Å². The zero-order valence-corrected chi connectivity index (χ0v) is 4.67. The van der Waals surface area contributed by atoms with Crippen LogP contribution in [0.2, 0.25) is 0 Å². The number of carbonyl (C=O) groups excluding carboxylic acids is 1. The molecule has 0 saturated heterocycles. The molecule has 0 bridgehead atoms. The molecule has 0 aromatic carbocycles. The second-order valence-corrected chi connectivity index (χ2v) is 1.17. The fourth-order valence-electron chi connectivity index (χ4n) is 0.189. The fourth-order valence-corrected chi connectivity index (χ4v) is 0.189. The summed E-state index contributed by atoms with van der Waals surface area (Å²) in [6.45, 7) is 0. The average Bonchev–Trinajstić information content (AvgIpc) is 1.84. The summed E-state index contributed by atoms with van der Waals surface area (Å²) in [5, 5.41) is 14.4. The van der Waals surface area contributed by atoms with E-state index in [9.17, 15) is 9.59 Å². The van der Waals surface area contributed by atoms with Gasteiger partial charge in [0.2, 0.25) is 5.71 Å². The van der Waals surface area contributed by atoms with Crippen molar-refractivity contribution in [2.45, 2.75) is 0 Å². The molecule has 0 saturated carbocycles. The van der Waals surface area contributed by atoms with Crippen LogP contribution in [0.1, 0.15) is 0 Å². The molecule has 0 aliphatic heterocycles. The van der Waals surface area contributed by atoms with Crippen molar-refractivity contribution in [3.8, 4) is 0 Å². The zero-order chi connectivity index (χ0) is 7.44. The molecule has 0 unspecified atom stereocenters. The number of aliphatic carboxylic acids is 1. The van der Waals surface area contributed by atoms with Crippen LogP contribution in [-0.4, -0.2) is 29.9 Å². The van der Waals surface area contributed by atoms with Gasteiger partial charge < -0.3 is 9.84 Å². The van der Waals surface area contributed by atoms with Crippen LogP contribution < -0.4 is 0 Å². The van der Waals surface area contributed by atoms with Gasteiger partial charge in [-0.2, -0.15) is 0 Å². The molecule has 0 rings (SSSR count). The van der Waals surface area contributed by atoms with Crippen molar-refractivity contribution in [2.75, 3.05) is 7.11 Å². The van der Waals surface area contributed by atoms with Crippen molar-refractivity contribution in [3.05, 3.63) is 0 Å². The molecule has 0 spiro atoms. The lowest BCUT2D eigenvalue weighted by molar-refractivity contribution is -0.136. The number of ether oxygens (including phenoxy) is 1. The van der Waals surface area contributed by atoms with Crippen LogP contribution >= 0.6 is 0 Å². The van der Waals surface area contributed by atoms with E-state index in [0.717, 1.165) is 7.11 Å². The molecule has 2 N–H and O–H groups in total. The highest BCUT2D eigenvalue weighted by Crippen LogP contribution is 1.77. The van der Waals surface area contributed by atoms with Crippen LogP contribution in [0.5, 0.6) is 0 Å². The van der Waals surface area contributed by atoms with E-state index in [-0.39, 0.29) is 0 Å². The topological polar surface area (TPSA) is 87.5 Å². The minimum absolute atomic E-state index is 1.01. The van der Waals surface area contributed by atoms with E-state index in [1.165, 1.54) is 0 Å². The van der Waals surface area contributed by atoms with Crippen molar-refractivity contribution in [1.82, 2.24) is 0 Å². The van der Waals surface area contributed by atoms with E-state index < -0.39 is 17.7 Å². The van der Waals surface area contributed by atoms with Crippen LogP contribution in [0.3, 0.4) is 0 Å². The first-order valence-electron chi connectivity index (χ1n) is 1.99. The van der Waals surface area contributed by atoms with Gasteiger partial charge in [0.25, 0.3) is 0 Å². The highest BCUT2D eigenvalue weighted by molar-refractivity contribution is 6.61. The van der Waals surface area contributed by atoms with Crippen molar-refractivity contribution in [2.24, 2.45) is 0 Å². The van der Waals surface area contributed by atoms with Crippen molar-refractivity contribution in [1.29, 1.82) is 5.41 Å². The Bertz CT molecular complexity index is 162. The van der Waals surface area contributed by atoms with Gasteiger partial charge in [0.15, 0.2) is 0 Å². The first kappa shape index (κ1) is 7.61. The lowest BCUT2D eigenvalue weighted by atomic mass is 10.4. The SMILES string of the molecule is COC(=O)C(=N)C(=O)O. The van der Waals surface area contributed by atoms with Crippen LogP contribution in [0.4, 0.5) is 0 Å². The van der Waals surface area contributed by atoms with Gasteiger partial charge in [-0.1, -0.05) is 0 Å². The fraction of sp³-hybridized carbons (Fsp3) is 0.250. The van der Waals surface area contributed by atoms with Gasteiger partial charge in [-0.05, 0) is 0 Å². The van der Waals surface area contributed by atoms with Crippen LogP contribution in [-0.2, 0) is 14.3 Å². The zero-order valence-electron chi connectivity index (χ0n) is 4.67. The maximum absolute atomic E-state index is 10.1. The lowest BCUT2D eigenvalue weighted by Crippen LogP contribution is -2.23. The average molecular weight is 131 g/mol. The molecule has 0 aliphatic rings. The summed E-state index contributed by atoms with van der Waals surface area (Å²) in [7, 11) is 1.01. The Morgan fingerprint density at radius 3 is 2.11 bits per heavy atom. The van der Waals surface area contributed by atoms with E-state index in [2.05, 4.69) is 4.74 Å². The van der Waals surface area contributed by atoms with Crippen LogP contribution in [0, 0.1) is 5.41 Å². The van der Waals surface area contributed by atoms with Gasteiger partial charge in [-0.25, -0.2) is 9.59 Å². The number of hydrogen-bond acceptors (Lipinski definition) is 4. The Hall–Kier alpha value is -1.39. The van der Waals surface area contributed by atoms with Crippen LogP contribution in [0.15, 0.2) is 0 Å². The number of methoxy groups -OCH3 is 1. The maximum Gasteiger partial charge on any atom is 0.363 e. The highest BCUT2D eigenvalue weighted by atomic mass is 16.5. The molecule has 5 nitrogen and oxygen atoms in total. The minimum atomic E-state index is -1.58. The number of carboxylic acid groups (broad SMARTS) is 1. The van der Waals surface area contributed by atoms with E-state index >= 15 is 0 Å². The van der Waals surface area contributed by atoms with Crippen molar-refractivity contribution < 1.29 is 19.4 Å². The molecular formula is C4H5NO4. The maximum atomic E-state index is 10.1.